The summed E-state index contributed by atoms with van der Waals surface area (Å²) in [6.07, 6.45) is 1.45. The van der Waals surface area contributed by atoms with Crippen LogP contribution in [0.2, 0.25) is 0 Å². The first-order valence-electron chi connectivity index (χ1n) is 1.71. The van der Waals surface area contributed by atoms with Gasteiger partial charge >= 0.3 is 0 Å². The second-order valence-corrected chi connectivity index (χ2v) is 1.48. The molecule has 0 unspecified atom stereocenters. The number of guanidine groups is 1. The van der Waals surface area contributed by atoms with Gasteiger partial charge in [-0.15, -0.1) is 0 Å². The zero-order valence-corrected chi connectivity index (χ0v) is 4.27. The second kappa shape index (κ2) is 1.38. The molecule has 0 aromatic carbocycles. The third kappa shape index (κ3) is 0.806. The lowest BCUT2D eigenvalue weighted by atomic mass is 10.8. The molecule has 0 fully saturated rings. The van der Waals surface area contributed by atoms with E-state index in [0.29, 0.717) is 4.99 Å². The normalized spacial score (nSPS) is 17.7. The molecule has 0 bridgehead atoms. The van der Waals surface area contributed by atoms with E-state index in [1.807, 2.05) is 0 Å². The van der Waals surface area contributed by atoms with Gasteiger partial charge < -0.3 is 5.73 Å². The highest BCUT2D eigenvalue weighted by Gasteiger charge is 1.96. The van der Waals surface area contributed by atoms with Gasteiger partial charge in [0.15, 0.2) is 0 Å². The summed E-state index contributed by atoms with van der Waals surface area (Å²) in [4.78, 5) is 7.63. The molecule has 0 aromatic heterocycles. The Hall–Kier alpha value is -0.770. The van der Waals surface area contributed by atoms with Gasteiger partial charge in [-0.3, -0.25) is 0 Å². The van der Waals surface area contributed by atoms with E-state index in [4.69, 9.17) is 5.73 Å². The minimum atomic E-state index is 0.255. The van der Waals surface area contributed by atoms with Gasteiger partial charge in [-0.25, -0.2) is 9.98 Å². The molecule has 1 aliphatic heterocycles. The van der Waals surface area contributed by atoms with E-state index in [2.05, 4.69) is 22.2 Å². The fourth-order valence-electron chi connectivity index (χ4n) is 0.292. The average molecular weight is 113 g/mol. The number of nitrogens with two attached hydrogens (primary N) is 1. The number of hydrogen-bond acceptors (Lipinski definition) is 3. The van der Waals surface area contributed by atoms with Crippen LogP contribution in [0.5, 0.6) is 0 Å². The molecular weight excluding hydrogens is 110 g/mol. The van der Waals surface area contributed by atoms with Crippen molar-refractivity contribution in [1.82, 2.24) is 0 Å². The summed E-state index contributed by atoms with van der Waals surface area (Å²) >= 11 is 4.58. The maximum absolute atomic E-state index is 5.09. The molecule has 0 aromatic rings. The van der Waals surface area contributed by atoms with Crippen LogP contribution in [0.1, 0.15) is 0 Å². The molecule has 0 atom stereocenters. The average Bonchev–Trinajstić information content (AvgIpc) is 1.87. The summed E-state index contributed by atoms with van der Waals surface area (Å²) in [6, 6.07) is 0. The Kier molecular flexibility index (Phi) is 0.867. The van der Waals surface area contributed by atoms with E-state index < -0.39 is 0 Å². The van der Waals surface area contributed by atoms with Crippen LogP contribution in [0.25, 0.3) is 0 Å². The third-order valence-corrected chi connectivity index (χ3v) is 0.729. The predicted molar refractivity (Wildman–Crippen MR) is 32.7 cm³/mol. The molecule has 0 saturated carbocycles. The maximum Gasteiger partial charge on any atom is 0.221 e. The van der Waals surface area contributed by atoms with Crippen LogP contribution in [-0.4, -0.2) is 17.2 Å². The summed E-state index contributed by atoms with van der Waals surface area (Å²) in [6.45, 7) is 0. The molecule has 0 spiro atoms. The van der Waals surface area contributed by atoms with Gasteiger partial charge in [-0.2, -0.15) is 0 Å². The molecule has 1 rings (SSSR count). The number of nitrogens with zero attached hydrogens (tertiary/aromatic N) is 2. The first-order valence-corrected chi connectivity index (χ1v) is 2.12. The molecule has 0 amide bonds. The fraction of sp³-hybridized carbons (Fsp3) is 0. The lowest BCUT2D eigenvalue weighted by Gasteiger charge is -1.73. The van der Waals surface area contributed by atoms with Crippen LogP contribution in [0, 0.1) is 0 Å². The number of thiocarbonyl (C=S) groups is 1. The minimum Gasteiger partial charge on any atom is -0.368 e. The van der Waals surface area contributed by atoms with Gasteiger partial charge in [0.1, 0.15) is 4.99 Å². The fourth-order valence-corrected chi connectivity index (χ4v) is 0.438. The van der Waals surface area contributed by atoms with Crippen molar-refractivity contribution in [3.63, 3.8) is 0 Å². The Morgan fingerprint density at radius 2 is 2.43 bits per heavy atom. The SMILES string of the molecule is NC1=NC(=S)C=N1. The molecule has 4 heteroatoms. The monoisotopic (exact) mass is 113 g/mol. The standard InChI is InChI=1S/C3H3N3S/c4-3-5-1-2(7)6-3/h1H,(H2,4,6,7). The molecular formula is C3H3N3S. The van der Waals surface area contributed by atoms with Gasteiger partial charge in [0.2, 0.25) is 5.96 Å². The molecule has 2 N–H and O–H groups in total. The molecule has 1 aliphatic rings. The lowest BCUT2D eigenvalue weighted by Crippen LogP contribution is -2.03. The van der Waals surface area contributed by atoms with Crippen LogP contribution >= 0.6 is 12.2 Å². The largest absolute Gasteiger partial charge is 0.368 e. The number of hydrogen-bond donors (Lipinski definition) is 1. The highest BCUT2D eigenvalue weighted by molar-refractivity contribution is 7.81. The van der Waals surface area contributed by atoms with Crippen LogP contribution in [-0.2, 0) is 0 Å². The second-order valence-electron chi connectivity index (χ2n) is 1.07. The van der Waals surface area contributed by atoms with E-state index in [1.165, 1.54) is 6.21 Å². The van der Waals surface area contributed by atoms with Gasteiger partial charge in [0.25, 0.3) is 0 Å². The van der Waals surface area contributed by atoms with Crippen molar-refractivity contribution in [3.05, 3.63) is 0 Å². The van der Waals surface area contributed by atoms with E-state index >= 15 is 0 Å². The molecule has 7 heavy (non-hydrogen) atoms. The van der Waals surface area contributed by atoms with Gasteiger partial charge in [-0.05, 0) is 0 Å². The van der Waals surface area contributed by atoms with Gasteiger partial charge in [0, 0.05) is 0 Å². The maximum atomic E-state index is 5.09. The van der Waals surface area contributed by atoms with E-state index in [1.54, 1.807) is 0 Å². The molecule has 36 valence electrons. The van der Waals surface area contributed by atoms with Crippen LogP contribution in [0.3, 0.4) is 0 Å². The number of aliphatic imine (C=N–C) groups is 2. The minimum absolute atomic E-state index is 0.255. The van der Waals surface area contributed by atoms with E-state index in [-0.39, 0.29) is 5.96 Å². The van der Waals surface area contributed by atoms with Gasteiger partial charge in [0.05, 0.1) is 6.21 Å². The highest BCUT2D eigenvalue weighted by Crippen LogP contribution is 1.85. The summed E-state index contributed by atoms with van der Waals surface area (Å²) in [5.41, 5.74) is 5.09. The summed E-state index contributed by atoms with van der Waals surface area (Å²) < 4.78 is 0. The third-order valence-electron chi connectivity index (χ3n) is 0.532. The van der Waals surface area contributed by atoms with Crippen molar-refractivity contribution >= 4 is 29.4 Å². The molecule has 0 saturated heterocycles. The Labute approximate surface area is 46.0 Å². The zero-order valence-electron chi connectivity index (χ0n) is 3.46. The Balaban J connectivity index is 2.88. The Morgan fingerprint density at radius 1 is 1.71 bits per heavy atom. The Morgan fingerprint density at radius 3 is 2.57 bits per heavy atom. The topological polar surface area (TPSA) is 50.7 Å². The quantitative estimate of drug-likeness (QED) is 0.439. The van der Waals surface area contributed by atoms with Crippen LogP contribution in [0.4, 0.5) is 0 Å². The summed E-state index contributed by atoms with van der Waals surface area (Å²) in [7, 11) is 0. The zero-order chi connectivity index (χ0) is 5.28. The molecule has 0 radical (unpaired) electrons. The highest BCUT2D eigenvalue weighted by atomic mass is 32.1. The number of rotatable bonds is 0. The summed E-state index contributed by atoms with van der Waals surface area (Å²) in [5, 5.41) is 0. The van der Waals surface area contributed by atoms with Crippen LogP contribution in [0.15, 0.2) is 9.98 Å². The molecule has 1 heterocycles. The van der Waals surface area contributed by atoms with Crippen molar-refractivity contribution in [2.24, 2.45) is 15.7 Å². The van der Waals surface area contributed by atoms with Crippen molar-refractivity contribution in [1.29, 1.82) is 0 Å². The van der Waals surface area contributed by atoms with Crippen molar-refractivity contribution < 1.29 is 0 Å². The smallest absolute Gasteiger partial charge is 0.221 e. The first kappa shape index (κ1) is 4.39. The van der Waals surface area contributed by atoms with Crippen molar-refractivity contribution in [2.75, 3.05) is 0 Å². The van der Waals surface area contributed by atoms with Crippen molar-refractivity contribution in [3.8, 4) is 0 Å². The van der Waals surface area contributed by atoms with E-state index in [0.717, 1.165) is 0 Å². The molecule has 0 aliphatic carbocycles. The van der Waals surface area contributed by atoms with Crippen molar-refractivity contribution in [2.45, 2.75) is 0 Å². The first-order chi connectivity index (χ1) is 3.29. The van der Waals surface area contributed by atoms with E-state index in [9.17, 15) is 0 Å². The Bertz CT molecular complexity index is 158. The predicted octanol–water partition coefficient (Wildman–Crippen LogP) is -0.287. The molecule has 3 nitrogen and oxygen atoms in total. The lowest BCUT2D eigenvalue weighted by molar-refractivity contribution is 1.55. The van der Waals surface area contributed by atoms with Gasteiger partial charge in [-0.1, -0.05) is 12.2 Å². The van der Waals surface area contributed by atoms with Crippen LogP contribution < -0.4 is 5.73 Å². The summed E-state index contributed by atoms with van der Waals surface area (Å²) in [5.74, 6) is 0.255.